The molecule has 0 aromatic rings. The number of nitrogens with two attached hydrogens (primary N) is 1. The molecule has 0 aliphatic heterocycles. The molecule has 0 saturated carbocycles. The average molecular weight is 119 g/mol. The number of ether oxygens (including phenoxy) is 1. The third-order valence-corrected chi connectivity index (χ3v) is 0.709. The molecule has 47 valence electrons. The monoisotopic (exact) mass is 119 g/mol. The van der Waals surface area contributed by atoms with Gasteiger partial charge in [0.05, 0.1) is 16.6 Å². The predicted molar refractivity (Wildman–Crippen MR) is 30.0 cm³/mol. The highest BCUT2D eigenvalue weighted by molar-refractivity contribution is 5.87. The van der Waals surface area contributed by atoms with E-state index in [0.717, 1.165) is 0 Å². The number of rotatable bonds is 3. The minimum Gasteiger partial charge on any atom is -0.384 e. The standard InChI is InChI=1S/C5H10NO2/c1-4(3-8-2)5(6)7/h3H2,1-2H3,(H2,6,7)/i2D3. The van der Waals surface area contributed by atoms with Crippen molar-refractivity contribution in [1.29, 1.82) is 0 Å². The van der Waals surface area contributed by atoms with Gasteiger partial charge in [0.1, 0.15) is 0 Å². The van der Waals surface area contributed by atoms with Crippen LogP contribution in [0.25, 0.3) is 0 Å². The minimum absolute atomic E-state index is 0.195. The summed E-state index contributed by atoms with van der Waals surface area (Å²) in [7, 11) is -2.46. The number of carbonyl (C=O) groups is 1. The fraction of sp³-hybridized carbons (Fsp3) is 0.600. The van der Waals surface area contributed by atoms with E-state index in [2.05, 4.69) is 4.74 Å². The van der Waals surface area contributed by atoms with Gasteiger partial charge in [-0.3, -0.25) is 4.79 Å². The van der Waals surface area contributed by atoms with E-state index >= 15 is 0 Å². The molecule has 0 fully saturated rings. The zero-order valence-corrected chi connectivity index (χ0v) is 4.60. The molecule has 0 aliphatic carbocycles. The first-order chi connectivity index (χ1) is 4.83. The van der Waals surface area contributed by atoms with E-state index in [1.54, 1.807) is 0 Å². The van der Waals surface area contributed by atoms with Gasteiger partial charge in [-0.2, -0.15) is 0 Å². The van der Waals surface area contributed by atoms with Crippen LogP contribution in [0.3, 0.4) is 0 Å². The lowest BCUT2D eigenvalue weighted by molar-refractivity contribution is -0.116. The lowest BCUT2D eigenvalue weighted by Gasteiger charge is -2.01. The Labute approximate surface area is 53.0 Å². The summed E-state index contributed by atoms with van der Waals surface area (Å²) in [6.45, 7) is 1.18. The number of hydrogen-bond donors (Lipinski definition) is 1. The molecule has 1 radical (unpaired) electrons. The molecule has 1 amide bonds. The molecule has 0 heterocycles. The molecular formula is C5H10NO2. The fourth-order valence-corrected chi connectivity index (χ4v) is 0.179. The molecule has 0 unspecified atom stereocenters. The topological polar surface area (TPSA) is 52.3 Å². The van der Waals surface area contributed by atoms with E-state index in [4.69, 9.17) is 9.85 Å². The Balaban J connectivity index is 3.63. The second kappa shape index (κ2) is 3.43. The fourth-order valence-electron chi connectivity index (χ4n) is 0.179. The van der Waals surface area contributed by atoms with E-state index in [1.807, 2.05) is 0 Å². The van der Waals surface area contributed by atoms with Gasteiger partial charge in [0, 0.05) is 7.04 Å². The highest BCUT2D eigenvalue weighted by Gasteiger charge is 2.06. The lowest BCUT2D eigenvalue weighted by Crippen LogP contribution is -2.22. The van der Waals surface area contributed by atoms with Gasteiger partial charge in [0.25, 0.3) is 0 Å². The molecule has 0 spiro atoms. The van der Waals surface area contributed by atoms with Gasteiger partial charge in [0.2, 0.25) is 5.91 Å². The normalized spacial score (nSPS) is 17.0. The summed E-state index contributed by atoms with van der Waals surface area (Å²) < 4.78 is 24.1. The van der Waals surface area contributed by atoms with Crippen LogP contribution in [0.1, 0.15) is 11.0 Å². The van der Waals surface area contributed by atoms with Crippen molar-refractivity contribution in [2.24, 2.45) is 5.73 Å². The van der Waals surface area contributed by atoms with Crippen molar-refractivity contribution in [1.82, 2.24) is 0 Å². The van der Waals surface area contributed by atoms with Gasteiger partial charge in [0.15, 0.2) is 0 Å². The molecule has 0 aliphatic rings. The van der Waals surface area contributed by atoms with Crippen molar-refractivity contribution < 1.29 is 13.6 Å². The van der Waals surface area contributed by atoms with Crippen molar-refractivity contribution in [2.75, 3.05) is 13.6 Å². The summed E-state index contributed by atoms with van der Waals surface area (Å²) in [6, 6.07) is 0. The first-order valence-electron chi connectivity index (χ1n) is 3.59. The third-order valence-electron chi connectivity index (χ3n) is 0.709. The Bertz CT molecular complexity index is 145. The molecule has 0 atom stereocenters. The first-order valence-corrected chi connectivity index (χ1v) is 2.09. The minimum atomic E-state index is -2.46. The van der Waals surface area contributed by atoms with Gasteiger partial charge in [-0.15, -0.1) is 0 Å². The molecule has 3 heteroatoms. The van der Waals surface area contributed by atoms with Gasteiger partial charge in [-0.05, 0) is 6.92 Å². The van der Waals surface area contributed by atoms with Crippen LogP contribution in [0.5, 0.6) is 0 Å². The maximum Gasteiger partial charge on any atom is 0.226 e. The van der Waals surface area contributed by atoms with Crippen LogP contribution in [-0.2, 0) is 9.53 Å². The second-order valence-corrected chi connectivity index (χ2v) is 1.43. The predicted octanol–water partition coefficient (Wildman–Crippen LogP) is -0.288. The lowest BCUT2D eigenvalue weighted by atomic mass is 10.2. The first kappa shape index (κ1) is 3.45. The summed E-state index contributed by atoms with van der Waals surface area (Å²) in [5, 5.41) is 0. The Morgan fingerprint density at radius 2 is 2.62 bits per heavy atom. The van der Waals surface area contributed by atoms with Crippen molar-refractivity contribution in [3.8, 4) is 0 Å². The quantitative estimate of drug-likeness (QED) is 0.555. The average Bonchev–Trinajstić information content (AvgIpc) is 1.80. The molecular weight excluding hydrogens is 106 g/mol. The summed E-state index contributed by atoms with van der Waals surface area (Å²) in [4.78, 5) is 10.3. The zero-order chi connectivity index (χ0) is 9.07. The third kappa shape index (κ3) is 2.58. The van der Waals surface area contributed by atoms with E-state index < -0.39 is 12.9 Å². The van der Waals surface area contributed by atoms with E-state index in [1.165, 1.54) is 6.92 Å². The summed E-state index contributed by atoms with van der Waals surface area (Å²) in [5.74, 6) is -0.449. The molecule has 3 nitrogen and oxygen atoms in total. The van der Waals surface area contributed by atoms with Gasteiger partial charge in [-0.1, -0.05) is 0 Å². The zero-order valence-electron chi connectivity index (χ0n) is 7.60. The summed E-state index contributed by atoms with van der Waals surface area (Å²) >= 11 is 0. The number of carbonyl (C=O) groups excluding carboxylic acids is 1. The smallest absolute Gasteiger partial charge is 0.226 e. The Morgan fingerprint density at radius 3 is 3.00 bits per heavy atom. The van der Waals surface area contributed by atoms with Crippen LogP contribution in [0.4, 0.5) is 0 Å². The van der Waals surface area contributed by atoms with Crippen molar-refractivity contribution in [3.05, 3.63) is 5.92 Å². The number of methoxy groups -OCH3 is 1. The summed E-state index contributed by atoms with van der Waals surface area (Å²) in [5.41, 5.74) is 4.83. The van der Waals surface area contributed by atoms with Gasteiger partial charge in [-0.25, -0.2) is 0 Å². The van der Waals surface area contributed by atoms with Crippen LogP contribution < -0.4 is 5.73 Å². The van der Waals surface area contributed by atoms with Crippen LogP contribution in [0.15, 0.2) is 0 Å². The largest absolute Gasteiger partial charge is 0.384 e. The molecule has 2 N–H and O–H groups in total. The van der Waals surface area contributed by atoms with Crippen LogP contribution in [0, 0.1) is 5.92 Å². The van der Waals surface area contributed by atoms with Crippen LogP contribution >= 0.6 is 0 Å². The molecule has 8 heavy (non-hydrogen) atoms. The SMILES string of the molecule is [2H]C([2H])([2H])OC[C](C)C(N)=O. The number of hydrogen-bond acceptors (Lipinski definition) is 2. The Morgan fingerprint density at radius 1 is 2.00 bits per heavy atom. The molecule has 0 rings (SSSR count). The molecule has 0 saturated heterocycles. The van der Waals surface area contributed by atoms with Crippen LogP contribution in [-0.4, -0.2) is 19.6 Å². The molecule has 0 aromatic heterocycles. The maximum atomic E-state index is 10.3. The highest BCUT2D eigenvalue weighted by atomic mass is 16.5. The molecule has 0 aromatic carbocycles. The van der Waals surface area contributed by atoms with Crippen molar-refractivity contribution in [2.45, 2.75) is 6.92 Å². The van der Waals surface area contributed by atoms with E-state index in [0.29, 0.717) is 0 Å². The van der Waals surface area contributed by atoms with Crippen molar-refractivity contribution in [3.63, 3.8) is 0 Å². The van der Waals surface area contributed by atoms with Crippen LogP contribution in [0.2, 0.25) is 0 Å². The van der Waals surface area contributed by atoms with E-state index in [-0.39, 0.29) is 12.5 Å². The summed E-state index contributed by atoms with van der Waals surface area (Å²) in [6.07, 6.45) is 0. The van der Waals surface area contributed by atoms with Gasteiger partial charge < -0.3 is 10.5 Å². The highest BCUT2D eigenvalue weighted by Crippen LogP contribution is 1.93. The number of primary amides is 1. The van der Waals surface area contributed by atoms with Crippen molar-refractivity contribution >= 4 is 5.91 Å². The Hall–Kier alpha value is -0.570. The maximum absolute atomic E-state index is 10.3. The molecule has 0 bridgehead atoms. The Kier molecular flexibility index (Phi) is 1.48. The number of amides is 1. The van der Waals surface area contributed by atoms with Gasteiger partial charge >= 0.3 is 0 Å². The van der Waals surface area contributed by atoms with E-state index in [9.17, 15) is 4.79 Å². The second-order valence-electron chi connectivity index (χ2n) is 1.43.